The number of fused-ring (bicyclic) bond motifs is 12. The Morgan fingerprint density at radius 2 is 0.831 bits per heavy atom. The van der Waals surface area contributed by atoms with Crippen LogP contribution in [0.3, 0.4) is 0 Å². The molecule has 0 bridgehead atoms. The van der Waals surface area contributed by atoms with Crippen LogP contribution in [0.4, 0.5) is 0 Å². The molecule has 0 saturated carbocycles. The highest BCUT2D eigenvalue weighted by Gasteiger charge is 2.51. The van der Waals surface area contributed by atoms with Crippen LogP contribution >= 0.6 is 0 Å². The maximum absolute atomic E-state index is 6.75. The maximum atomic E-state index is 6.75. The summed E-state index contributed by atoms with van der Waals surface area (Å²) in [7, 11) is 0. The van der Waals surface area contributed by atoms with Crippen molar-refractivity contribution in [3.63, 3.8) is 0 Å². The molecule has 0 radical (unpaired) electrons. The summed E-state index contributed by atoms with van der Waals surface area (Å²) in [5.74, 6) is 4.25. The number of nitrogens with zero attached hydrogens (tertiary/aromatic N) is 5. The predicted octanol–water partition coefficient (Wildman–Crippen LogP) is 13.8. The third-order valence-corrected chi connectivity index (χ3v) is 13.6. The number of ether oxygens (including phenoxy) is 1. The summed E-state index contributed by atoms with van der Waals surface area (Å²) in [4.78, 5) is 26.2. The van der Waals surface area contributed by atoms with E-state index in [4.69, 9.17) is 29.7 Å². The molecule has 13 rings (SSSR count). The Balaban J connectivity index is 1.08. The van der Waals surface area contributed by atoms with Crippen molar-refractivity contribution in [1.82, 2.24) is 24.9 Å². The number of para-hydroxylation sites is 2. The van der Waals surface area contributed by atoms with E-state index in [-0.39, 0.29) is 5.41 Å². The van der Waals surface area contributed by atoms with E-state index in [9.17, 15) is 0 Å². The van der Waals surface area contributed by atoms with Gasteiger partial charge in [0.1, 0.15) is 11.5 Å². The number of aromatic nitrogens is 5. The lowest BCUT2D eigenvalue weighted by Gasteiger charge is -2.39. The van der Waals surface area contributed by atoms with Crippen LogP contribution in [0.1, 0.15) is 47.4 Å². The Kier molecular flexibility index (Phi) is 8.06. The second kappa shape index (κ2) is 14.1. The molecule has 2 aromatic heterocycles. The molecule has 8 aromatic carbocycles. The molecule has 6 nitrogen and oxygen atoms in total. The summed E-state index contributed by atoms with van der Waals surface area (Å²) in [5.41, 5.74) is 16.0. The van der Waals surface area contributed by atoms with Gasteiger partial charge in [0.25, 0.3) is 0 Å². The Labute approximate surface area is 377 Å². The zero-order valence-corrected chi connectivity index (χ0v) is 35.7. The fraction of sp³-hybridized carbons (Fsp3) is 0.0678. The zero-order valence-electron chi connectivity index (χ0n) is 35.7. The lowest BCUT2D eigenvalue weighted by atomic mass is 9.66. The fourth-order valence-electron chi connectivity index (χ4n) is 10.6. The van der Waals surface area contributed by atoms with E-state index in [0.717, 1.165) is 84.1 Å². The molecule has 0 saturated heterocycles. The van der Waals surface area contributed by atoms with Crippen molar-refractivity contribution in [3.8, 4) is 90.6 Å². The summed E-state index contributed by atoms with van der Waals surface area (Å²) in [6.07, 6.45) is 0. The van der Waals surface area contributed by atoms with Crippen molar-refractivity contribution in [2.24, 2.45) is 0 Å². The second-order valence-electron chi connectivity index (χ2n) is 17.6. The number of hydrogen-bond donors (Lipinski definition) is 0. The van der Waals surface area contributed by atoms with Gasteiger partial charge in [-0.3, -0.25) is 0 Å². The van der Waals surface area contributed by atoms with Crippen molar-refractivity contribution in [2.45, 2.75) is 24.7 Å². The van der Waals surface area contributed by atoms with Gasteiger partial charge in [0.05, 0.1) is 16.8 Å². The second-order valence-corrected chi connectivity index (χ2v) is 17.6. The van der Waals surface area contributed by atoms with Gasteiger partial charge in [0.2, 0.25) is 0 Å². The SMILES string of the molecule is CC1(C)c2ccccc2-c2c(-c3ccc4c(c3)C3(c5ccccc5Oc5ccccc53)c3ccc(-c5nc(-c6ccccc6)nc(-c6ccccc6)n5)cc3-4)nc(-c3ccccc3)nc21. The molecular formula is C59H39N5O. The number of rotatable bonds is 5. The van der Waals surface area contributed by atoms with E-state index in [2.05, 4.69) is 147 Å². The Hall–Kier alpha value is -8.35. The lowest BCUT2D eigenvalue weighted by molar-refractivity contribution is 0.436. The van der Waals surface area contributed by atoms with Crippen LogP contribution in [0, 0.1) is 0 Å². The molecule has 0 N–H and O–H groups in total. The van der Waals surface area contributed by atoms with Crippen LogP contribution in [0.15, 0.2) is 200 Å². The van der Waals surface area contributed by atoms with Gasteiger partial charge in [-0.25, -0.2) is 24.9 Å². The van der Waals surface area contributed by atoms with Crippen LogP contribution in [0.5, 0.6) is 11.5 Å². The van der Waals surface area contributed by atoms with Crippen LogP contribution in [-0.4, -0.2) is 24.9 Å². The average molecular weight is 834 g/mol. The van der Waals surface area contributed by atoms with E-state index in [1.54, 1.807) is 0 Å². The molecule has 0 fully saturated rings. The van der Waals surface area contributed by atoms with Gasteiger partial charge in [0.15, 0.2) is 23.3 Å². The quantitative estimate of drug-likeness (QED) is 0.172. The Morgan fingerprint density at radius 1 is 0.338 bits per heavy atom. The highest BCUT2D eigenvalue weighted by Crippen LogP contribution is 2.63. The summed E-state index contributed by atoms with van der Waals surface area (Å²) in [6.45, 7) is 4.56. The van der Waals surface area contributed by atoms with Crippen molar-refractivity contribution in [2.75, 3.05) is 0 Å². The van der Waals surface area contributed by atoms with Crippen LogP contribution in [0.2, 0.25) is 0 Å². The van der Waals surface area contributed by atoms with Gasteiger partial charge in [-0.1, -0.05) is 190 Å². The van der Waals surface area contributed by atoms with Crippen LogP contribution in [0.25, 0.3) is 79.1 Å². The van der Waals surface area contributed by atoms with Crippen LogP contribution < -0.4 is 4.74 Å². The molecular weight excluding hydrogens is 795 g/mol. The van der Waals surface area contributed by atoms with Gasteiger partial charge in [0, 0.05) is 49.9 Å². The number of benzene rings is 8. The van der Waals surface area contributed by atoms with Gasteiger partial charge < -0.3 is 4.74 Å². The molecule has 0 unspecified atom stereocenters. The molecule has 6 heteroatoms. The highest BCUT2D eigenvalue weighted by molar-refractivity contribution is 5.95. The smallest absolute Gasteiger partial charge is 0.164 e. The lowest BCUT2D eigenvalue weighted by Crippen LogP contribution is -2.32. The highest BCUT2D eigenvalue weighted by atomic mass is 16.5. The first-order valence-corrected chi connectivity index (χ1v) is 22.1. The predicted molar refractivity (Wildman–Crippen MR) is 258 cm³/mol. The third-order valence-electron chi connectivity index (χ3n) is 13.6. The van der Waals surface area contributed by atoms with E-state index >= 15 is 0 Å². The van der Waals surface area contributed by atoms with E-state index in [1.807, 2.05) is 66.7 Å². The first-order valence-electron chi connectivity index (χ1n) is 22.1. The van der Waals surface area contributed by atoms with Crippen LogP contribution in [-0.2, 0) is 10.8 Å². The minimum absolute atomic E-state index is 0.327. The minimum Gasteiger partial charge on any atom is -0.457 e. The fourth-order valence-corrected chi connectivity index (χ4v) is 10.6. The van der Waals surface area contributed by atoms with Gasteiger partial charge in [-0.05, 0) is 57.6 Å². The first kappa shape index (κ1) is 37.2. The van der Waals surface area contributed by atoms with E-state index in [1.165, 1.54) is 16.7 Å². The number of hydrogen-bond acceptors (Lipinski definition) is 6. The normalized spacial score (nSPS) is 14.1. The molecule has 1 spiro atoms. The molecule has 0 amide bonds. The van der Waals surface area contributed by atoms with Gasteiger partial charge in [-0.2, -0.15) is 0 Å². The van der Waals surface area contributed by atoms with Crippen molar-refractivity contribution in [3.05, 3.63) is 234 Å². The molecule has 3 aliphatic rings. The Morgan fingerprint density at radius 3 is 1.43 bits per heavy atom. The molecule has 0 atom stereocenters. The largest absolute Gasteiger partial charge is 0.457 e. The average Bonchev–Trinajstić information content (AvgIpc) is 3.78. The van der Waals surface area contributed by atoms with Crippen molar-refractivity contribution in [1.29, 1.82) is 0 Å². The first-order chi connectivity index (χ1) is 32.0. The van der Waals surface area contributed by atoms with E-state index in [0.29, 0.717) is 23.3 Å². The Bertz CT molecular complexity index is 3450. The topological polar surface area (TPSA) is 73.7 Å². The summed E-state index contributed by atoms with van der Waals surface area (Å²) in [5, 5.41) is 0. The molecule has 306 valence electrons. The monoisotopic (exact) mass is 833 g/mol. The summed E-state index contributed by atoms with van der Waals surface area (Å²) < 4.78 is 6.75. The maximum Gasteiger partial charge on any atom is 0.164 e. The zero-order chi connectivity index (χ0) is 43.3. The summed E-state index contributed by atoms with van der Waals surface area (Å²) in [6, 6.07) is 70.0. The molecule has 2 aliphatic carbocycles. The molecule has 3 heterocycles. The van der Waals surface area contributed by atoms with Gasteiger partial charge >= 0.3 is 0 Å². The standard InChI is InChI=1S/C59H39N5O/c1-58(2)44-25-13-12-24-42(44)51-52(60-54(61-53(51)58)36-18-6-3-7-19-36)39-30-32-41-43-34-40(57-63-55(37-20-8-4-9-21-37)62-56(64-57)38-22-10-5-11-23-38)31-33-45(43)59(48(41)35-39)46-26-14-16-28-49(46)65-50-29-17-15-27-47(50)59/h3-35H,1-2H3. The third kappa shape index (κ3) is 5.50. The molecule has 1 aliphatic heterocycles. The minimum atomic E-state index is -0.718. The van der Waals surface area contributed by atoms with Crippen molar-refractivity contribution >= 4 is 0 Å². The molecule has 10 aromatic rings. The molecule has 65 heavy (non-hydrogen) atoms. The van der Waals surface area contributed by atoms with Crippen molar-refractivity contribution < 1.29 is 4.74 Å². The van der Waals surface area contributed by atoms with E-state index < -0.39 is 5.41 Å². The van der Waals surface area contributed by atoms with Gasteiger partial charge in [-0.15, -0.1) is 0 Å². The summed E-state index contributed by atoms with van der Waals surface area (Å²) >= 11 is 0.